The number of hydrogen-bond acceptors (Lipinski definition) is 3. The van der Waals surface area contributed by atoms with Gasteiger partial charge in [-0.1, -0.05) is 60.7 Å². The summed E-state index contributed by atoms with van der Waals surface area (Å²) in [6.45, 7) is 1.29. The smallest absolute Gasteiger partial charge is 0.255 e. The maximum absolute atomic E-state index is 13.5. The van der Waals surface area contributed by atoms with Crippen molar-refractivity contribution in [3.63, 3.8) is 0 Å². The number of nitrogens with zero attached hydrogens (tertiary/aromatic N) is 3. The zero-order valence-electron chi connectivity index (χ0n) is 17.5. The van der Waals surface area contributed by atoms with E-state index in [0.717, 1.165) is 56.2 Å². The number of aromatic nitrogens is 2. The van der Waals surface area contributed by atoms with E-state index in [1.807, 2.05) is 53.4 Å². The molecule has 3 heterocycles. The first-order chi connectivity index (χ1) is 15.8. The number of para-hydroxylation sites is 1. The van der Waals surface area contributed by atoms with Crippen LogP contribution >= 0.6 is 0 Å². The van der Waals surface area contributed by atoms with Gasteiger partial charge in [0.05, 0.1) is 16.6 Å². The lowest BCUT2D eigenvalue weighted by molar-refractivity contribution is 0.0780. The third-order valence-electron chi connectivity index (χ3n) is 6.24. The molecule has 0 saturated heterocycles. The summed E-state index contributed by atoms with van der Waals surface area (Å²) in [5.74, 6) is 0.0947. The molecule has 6 rings (SSSR count). The fourth-order valence-electron chi connectivity index (χ4n) is 4.66. The molecule has 0 saturated carbocycles. The lowest BCUT2D eigenvalue weighted by Crippen LogP contribution is -2.26. The number of hydrogen-bond donors (Lipinski definition) is 0. The van der Waals surface area contributed by atoms with Crippen molar-refractivity contribution in [1.29, 1.82) is 0 Å². The highest BCUT2D eigenvalue weighted by atomic mass is 16.2. The zero-order valence-corrected chi connectivity index (χ0v) is 17.5. The lowest BCUT2D eigenvalue weighted by atomic mass is 9.94. The van der Waals surface area contributed by atoms with E-state index in [1.54, 1.807) is 6.20 Å². The monoisotopic (exact) mass is 415 g/mol. The number of amides is 1. The predicted octanol–water partition coefficient (Wildman–Crippen LogP) is 5.65. The first-order valence-corrected chi connectivity index (χ1v) is 10.9. The van der Waals surface area contributed by atoms with E-state index in [0.29, 0.717) is 13.1 Å². The topological polar surface area (TPSA) is 46.1 Å². The van der Waals surface area contributed by atoms with Gasteiger partial charge < -0.3 is 4.90 Å². The van der Waals surface area contributed by atoms with Crippen LogP contribution in [0, 0.1) is 0 Å². The van der Waals surface area contributed by atoms with Gasteiger partial charge in [0.25, 0.3) is 5.91 Å². The molecular formula is C28H21N3O. The summed E-state index contributed by atoms with van der Waals surface area (Å²) in [4.78, 5) is 24.6. The lowest BCUT2D eigenvalue weighted by Gasteiger charge is -2.16. The second-order valence-corrected chi connectivity index (χ2v) is 8.19. The summed E-state index contributed by atoms with van der Waals surface area (Å²) in [6.07, 6.45) is 2.54. The number of carbonyl (C=O) groups is 1. The minimum Gasteiger partial charge on any atom is -0.334 e. The van der Waals surface area contributed by atoms with Crippen LogP contribution in [0.5, 0.6) is 0 Å². The summed E-state index contributed by atoms with van der Waals surface area (Å²) in [5, 5.41) is 2.20. The van der Waals surface area contributed by atoms with Gasteiger partial charge in [0.15, 0.2) is 0 Å². The predicted molar refractivity (Wildman–Crippen MR) is 127 cm³/mol. The average molecular weight is 415 g/mol. The number of rotatable bonds is 4. The molecule has 0 N–H and O–H groups in total. The van der Waals surface area contributed by atoms with Gasteiger partial charge in [0, 0.05) is 42.2 Å². The molecule has 5 aromatic rings. The molecule has 0 fully saturated rings. The molecule has 1 amide bonds. The fraction of sp³-hybridized carbons (Fsp3) is 0.107. The maximum Gasteiger partial charge on any atom is 0.255 e. The van der Waals surface area contributed by atoms with Crippen molar-refractivity contribution < 1.29 is 4.79 Å². The maximum atomic E-state index is 13.5. The highest BCUT2D eigenvalue weighted by molar-refractivity contribution is 6.08. The van der Waals surface area contributed by atoms with Crippen molar-refractivity contribution in [1.82, 2.24) is 14.9 Å². The van der Waals surface area contributed by atoms with Gasteiger partial charge in [-0.15, -0.1) is 0 Å². The summed E-state index contributed by atoms with van der Waals surface area (Å²) in [7, 11) is 0. The van der Waals surface area contributed by atoms with Gasteiger partial charge in [-0.25, -0.2) is 0 Å². The van der Waals surface area contributed by atoms with Crippen LogP contribution in [-0.2, 0) is 13.0 Å². The molecular weight excluding hydrogens is 394 g/mol. The van der Waals surface area contributed by atoms with Crippen LogP contribution in [0.3, 0.4) is 0 Å². The highest BCUT2D eigenvalue weighted by Crippen LogP contribution is 2.36. The van der Waals surface area contributed by atoms with Crippen LogP contribution in [0.15, 0.2) is 91.1 Å². The second-order valence-electron chi connectivity index (χ2n) is 8.19. The van der Waals surface area contributed by atoms with Gasteiger partial charge in [0.1, 0.15) is 0 Å². The van der Waals surface area contributed by atoms with Crippen molar-refractivity contribution in [3.8, 4) is 11.1 Å². The number of benzene rings is 3. The Morgan fingerprint density at radius 1 is 0.781 bits per heavy atom. The third-order valence-corrected chi connectivity index (χ3v) is 6.24. The molecule has 1 aliphatic rings. The molecule has 32 heavy (non-hydrogen) atoms. The Bertz CT molecular complexity index is 1490. The highest BCUT2D eigenvalue weighted by Gasteiger charge is 2.30. The quantitative estimate of drug-likeness (QED) is 0.381. The number of carbonyl (C=O) groups excluding carboxylic acids is 1. The zero-order chi connectivity index (χ0) is 21.5. The van der Waals surface area contributed by atoms with E-state index < -0.39 is 0 Å². The minimum absolute atomic E-state index is 0.0947. The molecule has 154 valence electrons. The molecule has 0 unspecified atom stereocenters. The number of fused-ring (bicyclic) bond motifs is 3. The Morgan fingerprint density at radius 2 is 1.62 bits per heavy atom. The molecule has 0 aliphatic carbocycles. The van der Waals surface area contributed by atoms with Crippen molar-refractivity contribution in [3.05, 3.63) is 108 Å². The Morgan fingerprint density at radius 3 is 2.59 bits per heavy atom. The van der Waals surface area contributed by atoms with Gasteiger partial charge in [-0.2, -0.15) is 0 Å². The Balaban J connectivity index is 1.30. The molecule has 4 heteroatoms. The second kappa shape index (κ2) is 7.57. The van der Waals surface area contributed by atoms with Crippen LogP contribution in [0.25, 0.3) is 32.9 Å². The molecule has 0 bridgehead atoms. The van der Waals surface area contributed by atoms with E-state index >= 15 is 0 Å². The summed E-state index contributed by atoms with van der Waals surface area (Å²) < 4.78 is 0. The van der Waals surface area contributed by atoms with Crippen molar-refractivity contribution in [2.24, 2.45) is 0 Å². The molecule has 3 aromatic carbocycles. The largest absolute Gasteiger partial charge is 0.334 e. The number of pyridine rings is 2. The summed E-state index contributed by atoms with van der Waals surface area (Å²) in [6, 6.07) is 28.5. The first kappa shape index (κ1) is 18.7. The average Bonchev–Trinajstić information content (AvgIpc) is 3.18. The summed E-state index contributed by atoms with van der Waals surface area (Å²) in [5.41, 5.74) is 6.87. The normalized spacial score (nSPS) is 13.1. The van der Waals surface area contributed by atoms with E-state index in [1.165, 1.54) is 0 Å². The van der Waals surface area contributed by atoms with Crippen molar-refractivity contribution in [2.75, 3.05) is 6.54 Å². The minimum atomic E-state index is 0.0947. The van der Waals surface area contributed by atoms with Gasteiger partial charge in [-0.3, -0.25) is 14.8 Å². The molecule has 0 radical (unpaired) electrons. The van der Waals surface area contributed by atoms with Gasteiger partial charge in [-0.05, 0) is 41.0 Å². The van der Waals surface area contributed by atoms with Crippen LogP contribution in [-0.4, -0.2) is 27.3 Å². The van der Waals surface area contributed by atoms with E-state index in [4.69, 9.17) is 4.98 Å². The first-order valence-electron chi connectivity index (χ1n) is 10.9. The molecule has 1 aliphatic heterocycles. The summed E-state index contributed by atoms with van der Waals surface area (Å²) >= 11 is 0. The van der Waals surface area contributed by atoms with Crippen LogP contribution < -0.4 is 0 Å². The van der Waals surface area contributed by atoms with Gasteiger partial charge in [0.2, 0.25) is 0 Å². The van der Waals surface area contributed by atoms with Crippen LogP contribution in [0.4, 0.5) is 0 Å². The molecule has 4 nitrogen and oxygen atoms in total. The molecule has 0 atom stereocenters. The third kappa shape index (κ3) is 3.12. The SMILES string of the molecule is O=C1c2c(cccc2-c2cccc3ncccc23)CN1CCc1ccc2ccccc2n1. The Kier molecular flexibility index (Phi) is 4.43. The Hall–Kier alpha value is -4.05. The standard InChI is InChI=1S/C28H21N3O/c32-28-27-20(7-3-9-24(27)22-8-4-12-26-23(22)10-5-16-29-26)18-31(28)17-15-21-14-13-19-6-1-2-11-25(19)30-21/h1-14,16H,15,17-18H2. The van der Waals surface area contributed by atoms with Gasteiger partial charge >= 0.3 is 0 Å². The van der Waals surface area contributed by atoms with Crippen molar-refractivity contribution in [2.45, 2.75) is 13.0 Å². The van der Waals surface area contributed by atoms with E-state index in [9.17, 15) is 4.79 Å². The molecule has 0 spiro atoms. The van der Waals surface area contributed by atoms with E-state index in [2.05, 4.69) is 41.4 Å². The van der Waals surface area contributed by atoms with Crippen LogP contribution in [0.1, 0.15) is 21.6 Å². The Labute approximate surface area is 186 Å². The van der Waals surface area contributed by atoms with Crippen LogP contribution in [0.2, 0.25) is 0 Å². The fourth-order valence-corrected chi connectivity index (χ4v) is 4.66. The van der Waals surface area contributed by atoms with E-state index in [-0.39, 0.29) is 5.91 Å². The van der Waals surface area contributed by atoms with Crippen molar-refractivity contribution >= 4 is 27.7 Å². The molecule has 2 aromatic heterocycles.